The van der Waals surface area contributed by atoms with Crippen LogP contribution in [-0.4, -0.2) is 52.5 Å². The molecule has 1 fully saturated rings. The molecule has 0 bridgehead atoms. The minimum atomic E-state index is -3.33. The fraction of sp³-hybridized carbons (Fsp3) is 0.458. The van der Waals surface area contributed by atoms with Crippen LogP contribution in [-0.2, 0) is 11.3 Å². The van der Waals surface area contributed by atoms with Gasteiger partial charge < -0.3 is 24.1 Å². The van der Waals surface area contributed by atoms with E-state index in [1.165, 1.54) is 11.3 Å². The van der Waals surface area contributed by atoms with E-state index in [4.69, 9.17) is 13.9 Å². The number of piperidine rings is 1. The summed E-state index contributed by atoms with van der Waals surface area (Å²) in [5.74, 6) is -3.20. The van der Waals surface area contributed by atoms with Crippen molar-refractivity contribution in [2.24, 2.45) is 0 Å². The zero-order valence-corrected chi connectivity index (χ0v) is 20.7. The number of rotatable bonds is 5. The van der Waals surface area contributed by atoms with E-state index in [1.807, 2.05) is 5.38 Å². The maximum atomic E-state index is 14.9. The normalized spacial score (nSPS) is 17.9. The summed E-state index contributed by atoms with van der Waals surface area (Å²) in [5.41, 5.74) is -0.175. The molecule has 11 heteroatoms. The van der Waals surface area contributed by atoms with E-state index in [-0.39, 0.29) is 25.1 Å². The van der Waals surface area contributed by atoms with Crippen molar-refractivity contribution >= 4 is 34.3 Å². The minimum Gasteiger partial charge on any atom is -0.486 e. The van der Waals surface area contributed by atoms with Crippen LogP contribution in [0, 0.1) is 6.92 Å². The first kappa shape index (κ1) is 24.9. The molecule has 1 aliphatic heterocycles. The Hall–Kier alpha value is -3.21. The average molecular weight is 508 g/mol. The van der Waals surface area contributed by atoms with Crippen LogP contribution >= 0.6 is 11.3 Å². The molecule has 4 rings (SSSR count). The molecule has 0 radical (unpaired) electrons. The van der Waals surface area contributed by atoms with Gasteiger partial charge >= 0.3 is 6.09 Å². The Morgan fingerprint density at radius 1 is 1.34 bits per heavy atom. The van der Waals surface area contributed by atoms with Crippen LogP contribution in [0.15, 0.2) is 34.2 Å². The molecule has 3 aromatic rings. The molecule has 1 unspecified atom stereocenters. The molecule has 188 valence electrons. The molecule has 1 saturated heterocycles. The molecule has 8 nitrogen and oxygen atoms in total. The third kappa shape index (κ3) is 5.72. The van der Waals surface area contributed by atoms with Crippen molar-refractivity contribution in [3.05, 3.63) is 46.1 Å². The van der Waals surface area contributed by atoms with Crippen LogP contribution < -0.4 is 10.1 Å². The highest BCUT2D eigenvalue weighted by molar-refractivity contribution is 7.09. The Labute approximate surface area is 205 Å². The van der Waals surface area contributed by atoms with E-state index in [0.29, 0.717) is 22.5 Å². The quantitative estimate of drug-likeness (QED) is 0.513. The number of alkyl halides is 2. The number of halogens is 2. The second-order valence-corrected chi connectivity index (χ2v) is 10.4. The molecular formula is C24H27F2N3O5S. The Bertz CT molecular complexity index is 1220. The fourth-order valence-corrected chi connectivity index (χ4v) is 4.40. The number of carbonyl (C=O) groups is 2. The second kappa shape index (κ2) is 9.44. The van der Waals surface area contributed by atoms with Gasteiger partial charge in [-0.25, -0.2) is 18.6 Å². The summed E-state index contributed by atoms with van der Waals surface area (Å²) in [4.78, 5) is 30.5. The van der Waals surface area contributed by atoms with Gasteiger partial charge in [-0.15, -0.1) is 11.3 Å². The fourth-order valence-electron chi connectivity index (χ4n) is 3.87. The van der Waals surface area contributed by atoms with E-state index in [0.717, 1.165) is 9.91 Å². The van der Waals surface area contributed by atoms with Crippen molar-refractivity contribution in [1.82, 2.24) is 15.2 Å². The van der Waals surface area contributed by atoms with Gasteiger partial charge in [-0.1, -0.05) is 0 Å². The second-order valence-electron chi connectivity index (χ2n) is 9.38. The van der Waals surface area contributed by atoms with Crippen molar-refractivity contribution < 1.29 is 32.3 Å². The van der Waals surface area contributed by atoms with Gasteiger partial charge in [0.15, 0.2) is 0 Å². The van der Waals surface area contributed by atoms with Gasteiger partial charge in [0.05, 0.1) is 18.2 Å². The summed E-state index contributed by atoms with van der Waals surface area (Å²) in [6.07, 6.45) is 0.765. The number of aryl methyl sites for hydroxylation is 1. The number of amides is 2. The zero-order valence-electron chi connectivity index (χ0n) is 19.9. The number of nitrogens with zero attached hydrogens (tertiary/aromatic N) is 2. The lowest BCUT2D eigenvalue weighted by atomic mass is 10.00. The highest BCUT2D eigenvalue weighted by Gasteiger charge is 2.47. The lowest BCUT2D eigenvalue weighted by Gasteiger charge is -2.38. The van der Waals surface area contributed by atoms with Crippen LogP contribution in [0.4, 0.5) is 13.6 Å². The van der Waals surface area contributed by atoms with Crippen molar-refractivity contribution in [3.8, 4) is 5.75 Å². The molecule has 35 heavy (non-hydrogen) atoms. The summed E-state index contributed by atoms with van der Waals surface area (Å²) >= 11 is 1.46. The van der Waals surface area contributed by atoms with E-state index in [1.54, 1.807) is 52.1 Å². The predicted molar refractivity (Wildman–Crippen MR) is 126 cm³/mol. The maximum absolute atomic E-state index is 14.9. The van der Waals surface area contributed by atoms with E-state index >= 15 is 0 Å². The van der Waals surface area contributed by atoms with E-state index in [9.17, 15) is 18.4 Å². The number of ether oxygens (including phenoxy) is 2. The van der Waals surface area contributed by atoms with Gasteiger partial charge in [0.25, 0.3) is 11.8 Å². The Morgan fingerprint density at radius 3 is 2.77 bits per heavy atom. The SMILES string of the molecule is Cc1oc2ccc(OCc3nccs3)cc2c1C(=O)NC1CCN(C(=O)OC(C)(C)C)CC1(F)F. The van der Waals surface area contributed by atoms with Crippen LogP contribution in [0.3, 0.4) is 0 Å². The Morgan fingerprint density at radius 2 is 2.11 bits per heavy atom. The zero-order chi connectivity index (χ0) is 25.4. The summed E-state index contributed by atoms with van der Waals surface area (Å²) in [7, 11) is 0. The standard InChI is InChI=1S/C24H27F2N3O5S/c1-14-20(16-11-15(5-6-17(16)33-14)32-12-19-27-8-10-35-19)21(30)28-18-7-9-29(13-24(18,25)26)22(31)34-23(2,3)4/h5-6,8,10-11,18H,7,9,12-13H2,1-4H3,(H,28,30). The molecule has 1 aliphatic rings. The van der Waals surface area contributed by atoms with Gasteiger partial charge in [0.1, 0.15) is 34.3 Å². The molecule has 3 heterocycles. The van der Waals surface area contributed by atoms with Crippen molar-refractivity contribution in [2.45, 2.75) is 58.3 Å². The Balaban J connectivity index is 1.47. The number of likely N-dealkylation sites (tertiary alicyclic amines) is 1. The highest BCUT2D eigenvalue weighted by atomic mass is 32.1. The Kier molecular flexibility index (Phi) is 6.72. The number of thiazole rings is 1. The number of fused-ring (bicyclic) bond motifs is 1. The van der Waals surface area contributed by atoms with E-state index < -0.39 is 36.1 Å². The first-order valence-electron chi connectivity index (χ1n) is 11.1. The lowest BCUT2D eigenvalue weighted by molar-refractivity contribution is -0.0889. The van der Waals surface area contributed by atoms with Crippen LogP contribution in [0.5, 0.6) is 5.75 Å². The van der Waals surface area contributed by atoms with Crippen LogP contribution in [0.25, 0.3) is 11.0 Å². The monoisotopic (exact) mass is 507 g/mol. The van der Waals surface area contributed by atoms with Gasteiger partial charge in [-0.3, -0.25) is 4.79 Å². The number of hydrogen-bond acceptors (Lipinski definition) is 7. The van der Waals surface area contributed by atoms with Gasteiger partial charge in [0.2, 0.25) is 0 Å². The molecule has 2 amide bonds. The number of benzene rings is 1. The molecule has 1 atom stereocenters. The van der Waals surface area contributed by atoms with E-state index in [2.05, 4.69) is 10.3 Å². The smallest absolute Gasteiger partial charge is 0.410 e. The number of furan rings is 1. The van der Waals surface area contributed by atoms with Crippen LogP contribution in [0.1, 0.15) is 48.3 Å². The molecule has 1 aromatic carbocycles. The topological polar surface area (TPSA) is 93.9 Å². The molecule has 1 N–H and O–H groups in total. The van der Waals surface area contributed by atoms with Gasteiger partial charge in [-0.05, 0) is 52.3 Å². The largest absolute Gasteiger partial charge is 0.486 e. The summed E-state index contributed by atoms with van der Waals surface area (Å²) in [6, 6.07) is 3.59. The number of nitrogens with one attached hydrogen (secondary N) is 1. The first-order chi connectivity index (χ1) is 16.4. The van der Waals surface area contributed by atoms with Crippen LogP contribution in [0.2, 0.25) is 0 Å². The third-order valence-electron chi connectivity index (χ3n) is 5.46. The van der Waals surface area contributed by atoms with Crippen molar-refractivity contribution in [2.75, 3.05) is 13.1 Å². The lowest BCUT2D eigenvalue weighted by Crippen LogP contribution is -2.59. The molecule has 0 saturated carbocycles. The maximum Gasteiger partial charge on any atom is 0.410 e. The van der Waals surface area contributed by atoms with Gasteiger partial charge in [0, 0.05) is 23.5 Å². The summed E-state index contributed by atoms with van der Waals surface area (Å²) in [6.45, 7) is 6.08. The van der Waals surface area contributed by atoms with Crippen molar-refractivity contribution in [1.29, 1.82) is 0 Å². The average Bonchev–Trinajstić information content (AvgIpc) is 3.38. The summed E-state index contributed by atoms with van der Waals surface area (Å²) < 4.78 is 46.5. The molecule has 0 aliphatic carbocycles. The minimum absolute atomic E-state index is 0.0370. The summed E-state index contributed by atoms with van der Waals surface area (Å²) in [5, 5.41) is 5.56. The number of hydrogen-bond donors (Lipinski definition) is 1. The van der Waals surface area contributed by atoms with Gasteiger partial charge in [-0.2, -0.15) is 0 Å². The number of aromatic nitrogens is 1. The number of carbonyl (C=O) groups excluding carboxylic acids is 2. The first-order valence-corrected chi connectivity index (χ1v) is 12.0. The molecular weight excluding hydrogens is 480 g/mol. The highest BCUT2D eigenvalue weighted by Crippen LogP contribution is 2.32. The predicted octanol–water partition coefficient (Wildman–Crippen LogP) is 5.15. The molecule has 0 spiro atoms. The van der Waals surface area contributed by atoms with Crippen molar-refractivity contribution in [3.63, 3.8) is 0 Å². The molecule has 2 aromatic heterocycles. The third-order valence-corrected chi connectivity index (χ3v) is 6.22.